The van der Waals surface area contributed by atoms with E-state index in [0.29, 0.717) is 9.99 Å². The zero-order valence-electron chi connectivity index (χ0n) is 9.45. The first-order chi connectivity index (χ1) is 9.13. The lowest BCUT2D eigenvalue weighted by molar-refractivity contribution is 0.423. The third kappa shape index (κ3) is 2.31. The summed E-state index contributed by atoms with van der Waals surface area (Å²) in [6.45, 7) is 0. The minimum Gasteiger partial charge on any atom is -0.435 e. The normalized spacial score (nSPS) is 10.9. The summed E-state index contributed by atoms with van der Waals surface area (Å²) in [5, 5.41) is 0. The largest absolute Gasteiger partial charge is 0.435 e. The smallest absolute Gasteiger partial charge is 0.234 e. The van der Waals surface area contributed by atoms with Crippen LogP contribution >= 0.6 is 15.9 Å². The summed E-state index contributed by atoms with van der Waals surface area (Å²) in [5.74, 6) is -1.29. The van der Waals surface area contributed by atoms with Crippen molar-refractivity contribution in [2.75, 3.05) is 0 Å². The molecule has 3 aromatic rings. The predicted molar refractivity (Wildman–Crippen MR) is 70.2 cm³/mol. The highest BCUT2D eigenvalue weighted by molar-refractivity contribution is 9.10. The molecule has 2 heterocycles. The molecule has 2 aromatic heterocycles. The fourth-order valence-electron chi connectivity index (χ4n) is 1.67. The molecule has 19 heavy (non-hydrogen) atoms. The Hall–Kier alpha value is -1.95. The van der Waals surface area contributed by atoms with Crippen LogP contribution in [0, 0.1) is 11.6 Å². The number of benzene rings is 1. The number of nitrogens with one attached hydrogen (secondary N) is 1. The minimum atomic E-state index is -0.775. The van der Waals surface area contributed by atoms with Crippen LogP contribution in [0.1, 0.15) is 0 Å². The topological polar surface area (TPSA) is 37.9 Å². The molecule has 0 spiro atoms. The highest BCUT2D eigenvalue weighted by Crippen LogP contribution is 2.31. The van der Waals surface area contributed by atoms with E-state index in [4.69, 9.17) is 4.74 Å². The van der Waals surface area contributed by atoms with Crippen LogP contribution in [0.15, 0.2) is 41.0 Å². The van der Waals surface area contributed by atoms with Crippen molar-refractivity contribution in [3.8, 4) is 11.6 Å². The van der Waals surface area contributed by atoms with E-state index in [0.717, 1.165) is 17.6 Å². The van der Waals surface area contributed by atoms with E-state index in [1.807, 2.05) is 0 Å². The van der Waals surface area contributed by atoms with Gasteiger partial charge in [0.25, 0.3) is 0 Å². The molecule has 96 valence electrons. The van der Waals surface area contributed by atoms with Gasteiger partial charge in [0.05, 0.1) is 15.5 Å². The Morgan fingerprint density at radius 2 is 2.00 bits per heavy atom. The minimum absolute atomic E-state index is 0.0792. The van der Waals surface area contributed by atoms with E-state index in [9.17, 15) is 8.78 Å². The van der Waals surface area contributed by atoms with Gasteiger partial charge in [-0.25, -0.2) is 13.8 Å². The van der Waals surface area contributed by atoms with Gasteiger partial charge in [0.15, 0.2) is 11.6 Å². The van der Waals surface area contributed by atoms with E-state index in [1.165, 1.54) is 6.07 Å². The Labute approximate surface area is 115 Å². The number of aromatic amines is 1. The van der Waals surface area contributed by atoms with Crippen LogP contribution < -0.4 is 4.74 Å². The fraction of sp³-hybridized carbons (Fsp3) is 0. The number of H-pyrrole nitrogens is 1. The quantitative estimate of drug-likeness (QED) is 0.758. The number of halogens is 3. The second-order valence-electron chi connectivity index (χ2n) is 3.86. The third-order valence-electron chi connectivity index (χ3n) is 2.55. The zero-order chi connectivity index (χ0) is 13.4. The van der Waals surface area contributed by atoms with Crippen molar-refractivity contribution in [1.82, 2.24) is 9.97 Å². The van der Waals surface area contributed by atoms with Crippen LogP contribution in [0.4, 0.5) is 8.78 Å². The fourth-order valence-corrected chi connectivity index (χ4v) is 2.07. The predicted octanol–water partition coefficient (Wildman–Crippen LogP) is 4.40. The van der Waals surface area contributed by atoms with Gasteiger partial charge in [-0.2, -0.15) is 0 Å². The summed E-state index contributed by atoms with van der Waals surface area (Å²) in [4.78, 5) is 7.23. The number of ether oxygens (including phenoxy) is 1. The van der Waals surface area contributed by atoms with Gasteiger partial charge in [-0.15, -0.1) is 0 Å². The van der Waals surface area contributed by atoms with Crippen LogP contribution in [-0.4, -0.2) is 9.97 Å². The zero-order valence-corrected chi connectivity index (χ0v) is 11.0. The Morgan fingerprint density at radius 1 is 1.16 bits per heavy atom. The first kappa shape index (κ1) is 12.1. The number of hydrogen-bond acceptors (Lipinski definition) is 2. The first-order valence-corrected chi connectivity index (χ1v) is 6.19. The maximum atomic E-state index is 13.5. The second kappa shape index (κ2) is 4.62. The molecule has 0 aliphatic rings. The molecule has 0 radical (unpaired) electrons. The molecular weight excluding hydrogens is 318 g/mol. The molecule has 6 heteroatoms. The lowest BCUT2D eigenvalue weighted by atomic mass is 10.3. The van der Waals surface area contributed by atoms with Crippen molar-refractivity contribution in [3.63, 3.8) is 0 Å². The molecule has 0 unspecified atom stereocenters. The van der Waals surface area contributed by atoms with Gasteiger partial charge in [0, 0.05) is 12.3 Å². The number of fused-ring (bicyclic) bond motifs is 1. The van der Waals surface area contributed by atoms with Crippen molar-refractivity contribution in [2.45, 2.75) is 0 Å². The molecule has 3 nitrogen and oxygen atoms in total. The molecular formula is C13H7BrF2N2O. The third-order valence-corrected chi connectivity index (χ3v) is 3.12. The average Bonchev–Trinajstić information content (AvgIpc) is 2.80. The number of nitrogens with zero attached hydrogens (tertiary/aromatic N) is 1. The molecule has 0 fully saturated rings. The van der Waals surface area contributed by atoms with Crippen molar-refractivity contribution in [2.24, 2.45) is 0 Å². The van der Waals surface area contributed by atoms with Crippen molar-refractivity contribution in [3.05, 3.63) is 52.6 Å². The van der Waals surface area contributed by atoms with Gasteiger partial charge in [-0.1, -0.05) is 0 Å². The molecule has 0 aliphatic heterocycles. The maximum absolute atomic E-state index is 13.5. The van der Waals surface area contributed by atoms with Gasteiger partial charge in [0.1, 0.15) is 5.82 Å². The van der Waals surface area contributed by atoms with Gasteiger partial charge in [0.2, 0.25) is 5.88 Å². The number of hydrogen-bond donors (Lipinski definition) is 1. The van der Waals surface area contributed by atoms with Gasteiger partial charge < -0.3 is 9.72 Å². The maximum Gasteiger partial charge on any atom is 0.234 e. The molecule has 0 saturated carbocycles. The van der Waals surface area contributed by atoms with E-state index in [1.54, 1.807) is 18.3 Å². The van der Waals surface area contributed by atoms with Crippen molar-refractivity contribution in [1.29, 1.82) is 0 Å². The molecule has 1 aromatic carbocycles. The molecule has 0 atom stereocenters. The van der Waals surface area contributed by atoms with E-state index in [2.05, 4.69) is 25.9 Å². The monoisotopic (exact) mass is 324 g/mol. The number of pyridine rings is 1. The second-order valence-corrected chi connectivity index (χ2v) is 4.72. The highest BCUT2D eigenvalue weighted by atomic mass is 79.9. The molecule has 1 N–H and O–H groups in total. The Morgan fingerprint density at radius 3 is 2.79 bits per heavy atom. The standard InChI is InChI=1S/C13H7BrF2N2O/c14-8-6-11-10(3-4-17-11)18-13(8)19-12-2-1-7(15)5-9(12)16/h1-6,17H. The SMILES string of the molecule is Fc1ccc(Oc2nc3cc[nH]c3cc2Br)c(F)c1. The van der Waals surface area contributed by atoms with E-state index >= 15 is 0 Å². The lowest BCUT2D eigenvalue weighted by Gasteiger charge is -2.07. The van der Waals surface area contributed by atoms with Crippen LogP contribution in [0.25, 0.3) is 11.0 Å². The molecule has 3 rings (SSSR count). The summed E-state index contributed by atoms with van der Waals surface area (Å²) in [6.07, 6.45) is 1.74. The van der Waals surface area contributed by atoms with Crippen LogP contribution in [0.5, 0.6) is 11.6 Å². The van der Waals surface area contributed by atoms with Crippen LogP contribution in [0.2, 0.25) is 0 Å². The summed E-state index contributed by atoms with van der Waals surface area (Å²) < 4.78 is 32.2. The van der Waals surface area contributed by atoms with Gasteiger partial charge in [-0.3, -0.25) is 0 Å². The number of aromatic nitrogens is 2. The molecule has 0 aliphatic carbocycles. The first-order valence-electron chi connectivity index (χ1n) is 5.40. The summed E-state index contributed by atoms with van der Waals surface area (Å²) in [6, 6.07) is 6.66. The number of rotatable bonds is 2. The molecule has 0 bridgehead atoms. The van der Waals surface area contributed by atoms with E-state index < -0.39 is 11.6 Å². The van der Waals surface area contributed by atoms with Crippen LogP contribution in [0.3, 0.4) is 0 Å². The van der Waals surface area contributed by atoms with Crippen molar-refractivity contribution < 1.29 is 13.5 Å². The van der Waals surface area contributed by atoms with Gasteiger partial charge in [-0.05, 0) is 40.2 Å². The Kier molecular flexibility index (Phi) is 2.94. The van der Waals surface area contributed by atoms with Crippen molar-refractivity contribution >= 4 is 27.0 Å². The Balaban J connectivity index is 2.02. The average molecular weight is 325 g/mol. The highest BCUT2D eigenvalue weighted by Gasteiger charge is 2.11. The molecule has 0 amide bonds. The molecule has 0 saturated heterocycles. The summed E-state index contributed by atoms with van der Waals surface area (Å²) in [7, 11) is 0. The lowest BCUT2D eigenvalue weighted by Crippen LogP contribution is -1.93. The van der Waals surface area contributed by atoms with Gasteiger partial charge >= 0.3 is 0 Å². The van der Waals surface area contributed by atoms with E-state index in [-0.39, 0.29) is 11.6 Å². The summed E-state index contributed by atoms with van der Waals surface area (Å²) >= 11 is 3.29. The summed E-state index contributed by atoms with van der Waals surface area (Å²) in [5.41, 5.74) is 1.53. The van der Waals surface area contributed by atoms with Crippen LogP contribution in [-0.2, 0) is 0 Å². The Bertz CT molecular complexity index is 757.